The molecule has 108 valence electrons. The predicted molar refractivity (Wildman–Crippen MR) is 79.1 cm³/mol. The zero-order valence-corrected chi connectivity index (χ0v) is 11.5. The Bertz CT molecular complexity index is 492. The minimum absolute atomic E-state index is 0.101. The molecule has 1 saturated heterocycles. The summed E-state index contributed by atoms with van der Waals surface area (Å²) in [5.74, 6) is -1.07. The number of oxime groups is 1. The van der Waals surface area contributed by atoms with Crippen molar-refractivity contribution in [1.29, 1.82) is 0 Å². The lowest BCUT2D eigenvalue weighted by atomic mass is 10.1. The molecule has 0 radical (unpaired) electrons. The van der Waals surface area contributed by atoms with Crippen molar-refractivity contribution in [3.8, 4) is 0 Å². The van der Waals surface area contributed by atoms with Crippen LogP contribution in [0, 0.1) is 5.92 Å². The van der Waals surface area contributed by atoms with Crippen LogP contribution in [0.5, 0.6) is 0 Å². The summed E-state index contributed by atoms with van der Waals surface area (Å²) in [6.07, 6.45) is 2.46. The summed E-state index contributed by atoms with van der Waals surface area (Å²) in [5, 5.41) is 14.1. The second kappa shape index (κ2) is 6.27. The largest absolute Gasteiger partial charge is 0.409 e. The summed E-state index contributed by atoms with van der Waals surface area (Å²) >= 11 is 0. The fourth-order valence-electron chi connectivity index (χ4n) is 2.20. The van der Waals surface area contributed by atoms with Crippen LogP contribution in [0.2, 0.25) is 0 Å². The first-order chi connectivity index (χ1) is 9.61. The van der Waals surface area contributed by atoms with Gasteiger partial charge in [0.15, 0.2) is 5.84 Å². The molecule has 0 bridgehead atoms. The van der Waals surface area contributed by atoms with Crippen LogP contribution in [0.4, 0.5) is 11.4 Å². The maximum absolute atomic E-state index is 11.9. The highest BCUT2D eigenvalue weighted by molar-refractivity contribution is 6.07. The van der Waals surface area contributed by atoms with Gasteiger partial charge in [-0.2, -0.15) is 0 Å². The van der Waals surface area contributed by atoms with Crippen LogP contribution in [0.15, 0.2) is 29.4 Å². The van der Waals surface area contributed by atoms with E-state index in [1.165, 1.54) is 18.5 Å². The van der Waals surface area contributed by atoms with Gasteiger partial charge in [-0.3, -0.25) is 4.79 Å². The smallest absolute Gasteiger partial charge is 0.234 e. The second-order valence-electron chi connectivity index (χ2n) is 4.98. The van der Waals surface area contributed by atoms with Gasteiger partial charge in [0, 0.05) is 24.5 Å². The van der Waals surface area contributed by atoms with Gasteiger partial charge in [0.1, 0.15) is 0 Å². The molecule has 1 atom stereocenters. The monoisotopic (exact) mass is 276 g/mol. The van der Waals surface area contributed by atoms with E-state index in [1.807, 2.05) is 24.3 Å². The van der Waals surface area contributed by atoms with E-state index in [9.17, 15) is 4.79 Å². The summed E-state index contributed by atoms with van der Waals surface area (Å²) in [7, 11) is 0. The molecule has 1 amide bonds. The van der Waals surface area contributed by atoms with Gasteiger partial charge < -0.3 is 21.2 Å². The summed E-state index contributed by atoms with van der Waals surface area (Å²) < 4.78 is 0. The van der Waals surface area contributed by atoms with Crippen LogP contribution >= 0.6 is 0 Å². The van der Waals surface area contributed by atoms with E-state index >= 15 is 0 Å². The number of hydrogen-bond acceptors (Lipinski definition) is 4. The van der Waals surface area contributed by atoms with Crippen molar-refractivity contribution in [2.24, 2.45) is 16.8 Å². The molecule has 1 unspecified atom stereocenters. The third-order valence-electron chi connectivity index (χ3n) is 3.56. The zero-order valence-electron chi connectivity index (χ0n) is 11.5. The Morgan fingerprint density at radius 2 is 1.95 bits per heavy atom. The van der Waals surface area contributed by atoms with Gasteiger partial charge in [-0.05, 0) is 44.0 Å². The number of nitrogens with zero attached hydrogens (tertiary/aromatic N) is 2. The molecule has 0 aliphatic carbocycles. The summed E-state index contributed by atoms with van der Waals surface area (Å²) in [6.45, 7) is 3.77. The third kappa shape index (κ3) is 3.20. The molecule has 0 aromatic heterocycles. The molecule has 1 aromatic rings. The molecule has 6 heteroatoms. The third-order valence-corrected chi connectivity index (χ3v) is 3.56. The van der Waals surface area contributed by atoms with Crippen molar-refractivity contribution in [2.75, 3.05) is 23.3 Å². The van der Waals surface area contributed by atoms with Crippen LogP contribution in [0.3, 0.4) is 0 Å². The first kappa shape index (κ1) is 14.2. The van der Waals surface area contributed by atoms with E-state index < -0.39 is 5.92 Å². The van der Waals surface area contributed by atoms with Gasteiger partial charge in [0.25, 0.3) is 0 Å². The Hall–Kier alpha value is -2.24. The normalized spacial score (nSPS) is 17.1. The first-order valence-corrected chi connectivity index (χ1v) is 6.75. The van der Waals surface area contributed by atoms with E-state index in [4.69, 9.17) is 10.9 Å². The van der Waals surface area contributed by atoms with Gasteiger partial charge in [-0.15, -0.1) is 0 Å². The maximum Gasteiger partial charge on any atom is 0.234 e. The molecule has 1 aliphatic heterocycles. The lowest BCUT2D eigenvalue weighted by Gasteiger charge is -2.18. The van der Waals surface area contributed by atoms with Crippen molar-refractivity contribution in [3.63, 3.8) is 0 Å². The molecule has 4 N–H and O–H groups in total. The van der Waals surface area contributed by atoms with Crippen LogP contribution < -0.4 is 16.0 Å². The number of rotatable bonds is 4. The summed E-state index contributed by atoms with van der Waals surface area (Å²) in [4.78, 5) is 14.2. The number of amidine groups is 1. The lowest BCUT2D eigenvalue weighted by Crippen LogP contribution is -2.32. The minimum Gasteiger partial charge on any atom is -0.409 e. The highest BCUT2D eigenvalue weighted by Gasteiger charge is 2.18. The number of nitrogens with one attached hydrogen (secondary N) is 1. The van der Waals surface area contributed by atoms with Gasteiger partial charge in [-0.1, -0.05) is 5.16 Å². The van der Waals surface area contributed by atoms with Crippen molar-refractivity contribution in [1.82, 2.24) is 0 Å². The number of carbonyl (C=O) groups is 1. The standard InChI is InChI=1S/C14H20N4O2/c1-10(13(15)17-20)14(19)16-11-4-6-12(7-5-11)18-8-2-3-9-18/h4-7,10,20H,2-3,8-9H2,1H3,(H2,15,17)(H,16,19). The molecular formula is C14H20N4O2. The van der Waals surface area contributed by atoms with Crippen molar-refractivity contribution in [3.05, 3.63) is 24.3 Å². The quantitative estimate of drug-likeness (QED) is 0.337. The van der Waals surface area contributed by atoms with Gasteiger partial charge in [0.2, 0.25) is 5.91 Å². The number of hydrogen-bond donors (Lipinski definition) is 3. The second-order valence-corrected chi connectivity index (χ2v) is 4.98. The fraction of sp³-hybridized carbons (Fsp3) is 0.429. The van der Waals surface area contributed by atoms with Gasteiger partial charge in [0.05, 0.1) is 5.92 Å². The van der Waals surface area contributed by atoms with Crippen LogP contribution in [0.25, 0.3) is 0 Å². The lowest BCUT2D eigenvalue weighted by molar-refractivity contribution is -0.117. The Morgan fingerprint density at radius 3 is 2.50 bits per heavy atom. The minimum atomic E-state index is -0.668. The molecule has 1 fully saturated rings. The molecule has 0 saturated carbocycles. The molecule has 1 heterocycles. The topological polar surface area (TPSA) is 91.0 Å². The van der Waals surface area contributed by atoms with Crippen molar-refractivity contribution >= 4 is 23.1 Å². The van der Waals surface area contributed by atoms with Crippen LogP contribution in [-0.2, 0) is 4.79 Å². The molecular weight excluding hydrogens is 256 g/mol. The summed E-state index contributed by atoms with van der Waals surface area (Å²) in [5.41, 5.74) is 7.29. The average molecular weight is 276 g/mol. The Balaban J connectivity index is 1.98. The number of anilines is 2. The number of carbonyl (C=O) groups excluding carboxylic acids is 1. The van der Waals surface area contributed by atoms with E-state index in [2.05, 4.69) is 15.4 Å². The SMILES string of the molecule is CC(C(=O)Nc1ccc(N2CCCC2)cc1)C(N)=NO. The van der Waals surface area contributed by atoms with Crippen LogP contribution in [-0.4, -0.2) is 30.0 Å². The van der Waals surface area contributed by atoms with Crippen molar-refractivity contribution in [2.45, 2.75) is 19.8 Å². The number of nitrogens with two attached hydrogens (primary N) is 1. The highest BCUT2D eigenvalue weighted by atomic mass is 16.4. The number of benzene rings is 1. The van der Waals surface area contributed by atoms with Gasteiger partial charge in [-0.25, -0.2) is 0 Å². The Morgan fingerprint density at radius 1 is 1.35 bits per heavy atom. The predicted octanol–water partition coefficient (Wildman–Crippen LogP) is 1.61. The summed E-state index contributed by atoms with van der Waals surface area (Å²) in [6, 6.07) is 7.72. The Kier molecular flexibility index (Phi) is 4.45. The maximum atomic E-state index is 11.9. The van der Waals surface area contributed by atoms with E-state index in [0.717, 1.165) is 13.1 Å². The molecule has 1 aliphatic rings. The molecule has 0 spiro atoms. The molecule has 6 nitrogen and oxygen atoms in total. The number of amides is 1. The van der Waals surface area contributed by atoms with Crippen LogP contribution in [0.1, 0.15) is 19.8 Å². The highest BCUT2D eigenvalue weighted by Crippen LogP contribution is 2.22. The first-order valence-electron chi connectivity index (χ1n) is 6.75. The van der Waals surface area contributed by atoms with E-state index in [-0.39, 0.29) is 11.7 Å². The molecule has 2 rings (SSSR count). The average Bonchev–Trinajstić information content (AvgIpc) is 3.00. The van der Waals surface area contributed by atoms with Crippen molar-refractivity contribution < 1.29 is 10.0 Å². The van der Waals surface area contributed by atoms with Gasteiger partial charge >= 0.3 is 0 Å². The molecule has 1 aromatic carbocycles. The van der Waals surface area contributed by atoms with E-state index in [0.29, 0.717) is 5.69 Å². The Labute approximate surface area is 118 Å². The fourth-order valence-corrected chi connectivity index (χ4v) is 2.20. The zero-order chi connectivity index (χ0) is 14.5. The van der Waals surface area contributed by atoms with E-state index in [1.54, 1.807) is 6.92 Å². The molecule has 20 heavy (non-hydrogen) atoms.